The zero-order valence-corrected chi connectivity index (χ0v) is 10.3. The van der Waals surface area contributed by atoms with Crippen LogP contribution in [0.4, 0.5) is 0 Å². The minimum Gasteiger partial charge on any atom is -0.402 e. The Morgan fingerprint density at radius 1 is 1.39 bits per heavy atom. The van der Waals surface area contributed by atoms with Crippen molar-refractivity contribution in [3.05, 3.63) is 47.2 Å². The summed E-state index contributed by atoms with van der Waals surface area (Å²) in [4.78, 5) is 11.4. The number of rotatable bonds is 1. The summed E-state index contributed by atoms with van der Waals surface area (Å²) in [6, 6.07) is 1.89. The van der Waals surface area contributed by atoms with Crippen LogP contribution >= 0.6 is 11.6 Å². The van der Waals surface area contributed by atoms with Gasteiger partial charge < -0.3 is 16.5 Å². The summed E-state index contributed by atoms with van der Waals surface area (Å²) >= 11 is 5.93. The molecule has 0 saturated carbocycles. The van der Waals surface area contributed by atoms with Gasteiger partial charge in [0.1, 0.15) is 5.65 Å². The molecule has 0 bridgehead atoms. The van der Waals surface area contributed by atoms with Crippen molar-refractivity contribution < 1.29 is 0 Å². The van der Waals surface area contributed by atoms with E-state index in [-0.39, 0.29) is 5.28 Å². The molecule has 1 unspecified atom stereocenters. The predicted molar refractivity (Wildman–Crippen MR) is 70.8 cm³/mol. The molecule has 0 spiro atoms. The Bertz CT molecular complexity index is 672. The van der Waals surface area contributed by atoms with Crippen LogP contribution in [0, 0.1) is 0 Å². The second-order valence-electron chi connectivity index (χ2n) is 4.40. The Labute approximate surface area is 109 Å². The van der Waals surface area contributed by atoms with Crippen molar-refractivity contribution in [2.45, 2.75) is 12.0 Å². The quantitative estimate of drug-likeness (QED) is 0.679. The number of nitrogens with zero attached hydrogens (tertiary/aromatic N) is 2. The van der Waals surface area contributed by atoms with Crippen molar-refractivity contribution in [1.29, 1.82) is 0 Å². The van der Waals surface area contributed by atoms with Gasteiger partial charge in [-0.05, 0) is 23.7 Å². The van der Waals surface area contributed by atoms with Crippen molar-refractivity contribution in [3.63, 3.8) is 0 Å². The molecule has 1 atom stereocenters. The molecule has 1 aliphatic carbocycles. The third kappa shape index (κ3) is 1.68. The van der Waals surface area contributed by atoms with Gasteiger partial charge in [-0.15, -0.1) is 0 Å². The molecule has 1 aliphatic rings. The maximum atomic E-state index is 6.39. The average Bonchev–Trinajstić information content (AvgIpc) is 2.75. The molecule has 92 valence electrons. The fourth-order valence-corrected chi connectivity index (χ4v) is 2.40. The van der Waals surface area contributed by atoms with E-state index in [1.54, 1.807) is 6.20 Å². The van der Waals surface area contributed by atoms with Crippen molar-refractivity contribution >= 4 is 22.6 Å². The molecule has 3 rings (SSSR count). The van der Waals surface area contributed by atoms with E-state index in [0.717, 1.165) is 11.1 Å². The summed E-state index contributed by atoms with van der Waals surface area (Å²) in [6.07, 6.45) is 7.86. The van der Waals surface area contributed by atoms with Crippen LogP contribution in [0.1, 0.15) is 12.1 Å². The summed E-state index contributed by atoms with van der Waals surface area (Å²) in [6.45, 7) is 0. The lowest BCUT2D eigenvalue weighted by Crippen LogP contribution is -2.38. The van der Waals surface area contributed by atoms with E-state index in [2.05, 4.69) is 15.0 Å². The number of nitrogens with two attached hydrogens (primary N) is 2. The van der Waals surface area contributed by atoms with Crippen LogP contribution in [0.15, 0.2) is 36.2 Å². The number of H-pyrrole nitrogens is 1. The summed E-state index contributed by atoms with van der Waals surface area (Å²) in [5, 5.41) is 1.03. The van der Waals surface area contributed by atoms with Gasteiger partial charge in [0.15, 0.2) is 0 Å². The van der Waals surface area contributed by atoms with Gasteiger partial charge in [-0.3, -0.25) is 0 Å². The molecule has 2 aromatic rings. The van der Waals surface area contributed by atoms with Crippen LogP contribution in [0.5, 0.6) is 0 Å². The van der Waals surface area contributed by atoms with Gasteiger partial charge in [0.2, 0.25) is 5.28 Å². The van der Waals surface area contributed by atoms with E-state index in [1.165, 1.54) is 0 Å². The second-order valence-corrected chi connectivity index (χ2v) is 4.74. The van der Waals surface area contributed by atoms with E-state index in [4.69, 9.17) is 23.1 Å². The number of hydrogen-bond acceptors (Lipinski definition) is 4. The molecule has 0 fully saturated rings. The number of aromatic nitrogens is 3. The highest BCUT2D eigenvalue weighted by Gasteiger charge is 2.31. The molecule has 5 nitrogen and oxygen atoms in total. The SMILES string of the molecule is NC1=CC=CC(N)(c2nc(Cl)nc3[nH]ccc23)C1. The first kappa shape index (κ1) is 11.3. The monoisotopic (exact) mass is 261 g/mol. The van der Waals surface area contributed by atoms with Gasteiger partial charge in [0, 0.05) is 23.7 Å². The van der Waals surface area contributed by atoms with Gasteiger partial charge in [-0.1, -0.05) is 12.2 Å². The summed E-state index contributed by atoms with van der Waals surface area (Å²) in [7, 11) is 0. The molecule has 2 heterocycles. The van der Waals surface area contributed by atoms with E-state index < -0.39 is 5.54 Å². The maximum Gasteiger partial charge on any atom is 0.224 e. The van der Waals surface area contributed by atoms with Crippen LogP contribution in [0.3, 0.4) is 0 Å². The van der Waals surface area contributed by atoms with Gasteiger partial charge in [-0.2, -0.15) is 4.98 Å². The Kier molecular flexibility index (Phi) is 2.39. The number of fused-ring (bicyclic) bond motifs is 1. The molecule has 0 aromatic carbocycles. The van der Waals surface area contributed by atoms with Gasteiger partial charge in [0.25, 0.3) is 0 Å². The van der Waals surface area contributed by atoms with Crippen molar-refractivity contribution in [3.8, 4) is 0 Å². The van der Waals surface area contributed by atoms with E-state index in [1.807, 2.05) is 24.3 Å². The Morgan fingerprint density at radius 2 is 2.22 bits per heavy atom. The largest absolute Gasteiger partial charge is 0.402 e. The number of nitrogens with one attached hydrogen (secondary N) is 1. The third-order valence-electron chi connectivity index (χ3n) is 3.03. The van der Waals surface area contributed by atoms with E-state index >= 15 is 0 Å². The topological polar surface area (TPSA) is 93.6 Å². The molecular formula is C12H12ClN5. The zero-order chi connectivity index (χ0) is 12.8. The molecular weight excluding hydrogens is 250 g/mol. The molecule has 0 aliphatic heterocycles. The highest BCUT2D eigenvalue weighted by Crippen LogP contribution is 2.32. The van der Waals surface area contributed by atoms with Crippen molar-refractivity contribution in [2.24, 2.45) is 11.5 Å². The summed E-state index contributed by atoms with van der Waals surface area (Å²) in [5.74, 6) is 0. The number of allylic oxidation sites excluding steroid dienone is 2. The highest BCUT2D eigenvalue weighted by atomic mass is 35.5. The normalized spacial score (nSPS) is 23.3. The number of aromatic amines is 1. The summed E-state index contributed by atoms with van der Waals surface area (Å²) in [5.41, 5.74) is 13.6. The van der Waals surface area contributed by atoms with Gasteiger partial charge >= 0.3 is 0 Å². The fraction of sp³-hybridized carbons (Fsp3) is 0.167. The standard InChI is InChI=1S/C12H12ClN5/c13-11-17-9(8-3-5-16-10(8)18-11)12(15)4-1-2-7(14)6-12/h1-5H,6,14-15H2,(H,16,17,18). The second kappa shape index (κ2) is 3.83. The van der Waals surface area contributed by atoms with Gasteiger partial charge in [-0.25, -0.2) is 4.98 Å². The van der Waals surface area contributed by atoms with Crippen LogP contribution < -0.4 is 11.5 Å². The van der Waals surface area contributed by atoms with Crippen LogP contribution in [-0.4, -0.2) is 15.0 Å². The highest BCUT2D eigenvalue weighted by molar-refractivity contribution is 6.28. The maximum absolute atomic E-state index is 6.39. The predicted octanol–water partition coefficient (Wildman–Crippen LogP) is 1.57. The molecule has 0 radical (unpaired) electrons. The Morgan fingerprint density at radius 3 is 3.00 bits per heavy atom. The van der Waals surface area contributed by atoms with E-state index in [0.29, 0.717) is 17.8 Å². The first-order valence-corrected chi connectivity index (χ1v) is 5.90. The fourth-order valence-electron chi connectivity index (χ4n) is 2.23. The zero-order valence-electron chi connectivity index (χ0n) is 9.52. The lowest BCUT2D eigenvalue weighted by Gasteiger charge is -2.28. The third-order valence-corrected chi connectivity index (χ3v) is 3.20. The van der Waals surface area contributed by atoms with Gasteiger partial charge in [0.05, 0.1) is 11.2 Å². The molecule has 2 aromatic heterocycles. The molecule has 18 heavy (non-hydrogen) atoms. The molecule has 6 heteroatoms. The minimum absolute atomic E-state index is 0.172. The Balaban J connectivity index is 2.22. The first-order valence-electron chi connectivity index (χ1n) is 5.52. The van der Waals surface area contributed by atoms with Crippen molar-refractivity contribution in [2.75, 3.05) is 0 Å². The molecule has 5 N–H and O–H groups in total. The van der Waals surface area contributed by atoms with E-state index in [9.17, 15) is 0 Å². The molecule has 0 saturated heterocycles. The van der Waals surface area contributed by atoms with Crippen LogP contribution in [-0.2, 0) is 5.54 Å². The number of halogens is 1. The lowest BCUT2D eigenvalue weighted by molar-refractivity contribution is 0.533. The van der Waals surface area contributed by atoms with Crippen LogP contribution in [0.2, 0.25) is 5.28 Å². The van der Waals surface area contributed by atoms with Crippen molar-refractivity contribution in [1.82, 2.24) is 15.0 Å². The average molecular weight is 262 g/mol. The summed E-state index contributed by atoms with van der Waals surface area (Å²) < 4.78 is 0. The Hall–Kier alpha value is -1.85. The minimum atomic E-state index is -0.744. The first-order chi connectivity index (χ1) is 8.58. The lowest BCUT2D eigenvalue weighted by atomic mass is 9.86. The van der Waals surface area contributed by atoms with Crippen LogP contribution in [0.25, 0.3) is 11.0 Å². The molecule has 0 amide bonds. The number of hydrogen-bond donors (Lipinski definition) is 3. The smallest absolute Gasteiger partial charge is 0.224 e.